The molecule has 1 N–H and O–H groups in total. The fraction of sp³-hybridized carbons (Fsp3) is 0.136. The van der Waals surface area contributed by atoms with Crippen molar-refractivity contribution in [3.8, 4) is 0 Å². The van der Waals surface area contributed by atoms with Crippen LogP contribution < -0.4 is 5.32 Å². The number of amides is 1. The number of nitrogens with zero attached hydrogens (tertiary/aromatic N) is 1. The minimum absolute atomic E-state index is 0.0244. The molecule has 0 radical (unpaired) electrons. The quantitative estimate of drug-likeness (QED) is 0.684. The van der Waals surface area contributed by atoms with Crippen LogP contribution in [0.15, 0.2) is 71.6 Å². The molecule has 30 heavy (non-hydrogen) atoms. The van der Waals surface area contributed by atoms with E-state index in [1.807, 2.05) is 6.07 Å². The fourth-order valence-electron chi connectivity index (χ4n) is 3.41. The highest BCUT2D eigenvalue weighted by molar-refractivity contribution is 7.89. The Balaban J connectivity index is 1.56. The minimum atomic E-state index is -3.78. The van der Waals surface area contributed by atoms with E-state index in [2.05, 4.69) is 5.32 Å². The normalized spacial score (nSPS) is 14.2. The van der Waals surface area contributed by atoms with Crippen LogP contribution in [0.5, 0.6) is 0 Å². The lowest BCUT2D eigenvalue weighted by molar-refractivity contribution is 0.102. The van der Waals surface area contributed by atoms with Crippen molar-refractivity contribution in [3.63, 3.8) is 0 Å². The van der Waals surface area contributed by atoms with Crippen molar-refractivity contribution in [2.75, 3.05) is 11.9 Å². The first-order valence-corrected chi connectivity index (χ1v) is 10.7. The highest BCUT2D eigenvalue weighted by Crippen LogP contribution is 2.27. The predicted octanol–water partition coefficient (Wildman–Crippen LogP) is 3.96. The third-order valence-electron chi connectivity index (χ3n) is 5.01. The highest BCUT2D eigenvalue weighted by atomic mass is 32.2. The molecule has 0 unspecified atom stereocenters. The van der Waals surface area contributed by atoms with Crippen molar-refractivity contribution in [1.82, 2.24) is 4.31 Å². The lowest BCUT2D eigenvalue weighted by Crippen LogP contribution is -2.36. The van der Waals surface area contributed by atoms with Gasteiger partial charge in [0.2, 0.25) is 10.0 Å². The van der Waals surface area contributed by atoms with Gasteiger partial charge in [-0.25, -0.2) is 17.2 Å². The van der Waals surface area contributed by atoms with Gasteiger partial charge >= 0.3 is 0 Å². The largest absolute Gasteiger partial charge is 0.322 e. The molecule has 1 aliphatic heterocycles. The smallest absolute Gasteiger partial charge is 0.258 e. The Bertz CT molecular complexity index is 1210. The first kappa shape index (κ1) is 20.2. The summed E-state index contributed by atoms with van der Waals surface area (Å²) in [5.41, 5.74) is 2.10. The second-order valence-corrected chi connectivity index (χ2v) is 8.90. The number of carbonyl (C=O) groups is 1. The van der Waals surface area contributed by atoms with Crippen LogP contribution in [-0.4, -0.2) is 25.2 Å². The van der Waals surface area contributed by atoms with Gasteiger partial charge in [-0.05, 0) is 66.1 Å². The molecule has 4 rings (SSSR count). The van der Waals surface area contributed by atoms with Gasteiger partial charge in [0.25, 0.3) is 5.91 Å². The van der Waals surface area contributed by atoms with E-state index in [4.69, 9.17) is 0 Å². The molecular formula is C22H18F2N2O3S. The zero-order chi connectivity index (χ0) is 21.3. The number of hydrogen-bond acceptors (Lipinski definition) is 3. The van der Waals surface area contributed by atoms with Crippen LogP contribution in [-0.2, 0) is 23.0 Å². The second kappa shape index (κ2) is 7.97. The van der Waals surface area contributed by atoms with E-state index >= 15 is 0 Å². The van der Waals surface area contributed by atoms with Gasteiger partial charge in [0.15, 0.2) is 0 Å². The molecule has 8 heteroatoms. The van der Waals surface area contributed by atoms with Crippen molar-refractivity contribution in [2.24, 2.45) is 0 Å². The maximum atomic E-state index is 13.8. The summed E-state index contributed by atoms with van der Waals surface area (Å²) < 4.78 is 54.1. The molecule has 0 saturated carbocycles. The van der Waals surface area contributed by atoms with Gasteiger partial charge in [-0.15, -0.1) is 0 Å². The van der Waals surface area contributed by atoms with Crippen LogP contribution in [0, 0.1) is 11.6 Å². The average molecular weight is 428 g/mol. The Morgan fingerprint density at radius 1 is 0.933 bits per heavy atom. The summed E-state index contributed by atoms with van der Waals surface area (Å²) >= 11 is 0. The van der Waals surface area contributed by atoms with Gasteiger partial charge in [0, 0.05) is 18.8 Å². The third-order valence-corrected chi connectivity index (χ3v) is 6.87. The number of carbonyl (C=O) groups excluding carboxylic acids is 1. The monoisotopic (exact) mass is 428 g/mol. The van der Waals surface area contributed by atoms with Gasteiger partial charge in [0.1, 0.15) is 11.6 Å². The summed E-state index contributed by atoms with van der Waals surface area (Å²) in [5, 5.41) is 2.65. The number of hydrogen-bond donors (Lipinski definition) is 1. The van der Waals surface area contributed by atoms with Crippen LogP contribution >= 0.6 is 0 Å². The lowest BCUT2D eigenvalue weighted by atomic mass is 10.0. The van der Waals surface area contributed by atoms with Gasteiger partial charge in [-0.1, -0.05) is 18.2 Å². The summed E-state index contributed by atoms with van der Waals surface area (Å²) in [5.74, 6) is -1.71. The average Bonchev–Trinajstić information content (AvgIpc) is 2.73. The summed E-state index contributed by atoms with van der Waals surface area (Å²) in [6, 6.07) is 15.6. The molecule has 1 aliphatic rings. The number of rotatable bonds is 4. The minimum Gasteiger partial charge on any atom is -0.322 e. The van der Waals surface area contributed by atoms with Gasteiger partial charge in [0.05, 0.1) is 10.5 Å². The summed E-state index contributed by atoms with van der Waals surface area (Å²) in [6.45, 7) is 0.423. The zero-order valence-corrected chi connectivity index (χ0v) is 16.6. The molecule has 0 bridgehead atoms. The Labute approximate surface area is 173 Å². The second-order valence-electron chi connectivity index (χ2n) is 6.96. The van der Waals surface area contributed by atoms with E-state index in [1.165, 1.54) is 34.6 Å². The molecule has 0 spiro atoms. The van der Waals surface area contributed by atoms with Crippen LogP contribution in [0.1, 0.15) is 21.5 Å². The Morgan fingerprint density at radius 2 is 1.67 bits per heavy atom. The van der Waals surface area contributed by atoms with Crippen molar-refractivity contribution in [3.05, 3.63) is 95.1 Å². The number of nitrogens with one attached hydrogen (secondary N) is 1. The molecule has 0 aliphatic carbocycles. The van der Waals surface area contributed by atoms with Crippen LogP contribution in [0.25, 0.3) is 0 Å². The van der Waals surface area contributed by atoms with E-state index in [-0.39, 0.29) is 17.0 Å². The summed E-state index contributed by atoms with van der Waals surface area (Å²) in [7, 11) is -3.78. The van der Waals surface area contributed by atoms with E-state index in [9.17, 15) is 22.0 Å². The van der Waals surface area contributed by atoms with Crippen molar-refractivity contribution in [2.45, 2.75) is 17.9 Å². The number of fused-ring (bicyclic) bond motifs is 1. The van der Waals surface area contributed by atoms with E-state index < -0.39 is 27.6 Å². The number of anilines is 1. The molecule has 0 saturated heterocycles. The SMILES string of the molecule is O=C(Nc1ccc2c(c1)CN(S(=O)(=O)c1ccc(F)cc1)CC2)c1ccccc1F. The number of sulfonamides is 1. The molecule has 0 aromatic heterocycles. The van der Waals surface area contributed by atoms with Crippen LogP contribution in [0.2, 0.25) is 0 Å². The molecule has 3 aromatic carbocycles. The Hall–Kier alpha value is -3.10. The molecule has 1 amide bonds. The number of benzene rings is 3. The van der Waals surface area contributed by atoms with E-state index in [0.717, 1.165) is 23.3 Å². The third kappa shape index (κ3) is 3.96. The predicted molar refractivity (Wildman–Crippen MR) is 108 cm³/mol. The maximum Gasteiger partial charge on any atom is 0.258 e. The first-order valence-electron chi connectivity index (χ1n) is 9.28. The van der Waals surface area contributed by atoms with Crippen molar-refractivity contribution < 1.29 is 22.0 Å². The molecule has 154 valence electrons. The summed E-state index contributed by atoms with van der Waals surface area (Å²) in [4.78, 5) is 12.4. The van der Waals surface area contributed by atoms with Crippen LogP contribution in [0.3, 0.4) is 0 Å². The van der Waals surface area contributed by atoms with E-state index in [1.54, 1.807) is 18.2 Å². The summed E-state index contributed by atoms with van der Waals surface area (Å²) in [6.07, 6.45) is 0.511. The molecule has 0 fully saturated rings. The first-order chi connectivity index (χ1) is 14.3. The highest BCUT2D eigenvalue weighted by Gasteiger charge is 2.28. The molecule has 5 nitrogen and oxygen atoms in total. The topological polar surface area (TPSA) is 66.5 Å². The fourth-order valence-corrected chi connectivity index (χ4v) is 4.83. The standard InChI is InChI=1S/C22H18F2N2O3S/c23-17-6-9-19(10-7-17)30(28,29)26-12-11-15-5-8-18(13-16(15)14-26)25-22(27)20-3-1-2-4-21(20)24/h1-10,13H,11-12,14H2,(H,25,27). The van der Waals surface area contributed by atoms with Crippen molar-refractivity contribution in [1.29, 1.82) is 0 Å². The zero-order valence-electron chi connectivity index (χ0n) is 15.8. The molecular weight excluding hydrogens is 410 g/mol. The van der Waals surface area contributed by atoms with Gasteiger partial charge in [-0.2, -0.15) is 4.31 Å². The van der Waals surface area contributed by atoms with Crippen LogP contribution in [0.4, 0.5) is 14.5 Å². The van der Waals surface area contributed by atoms with Crippen molar-refractivity contribution >= 4 is 21.6 Å². The van der Waals surface area contributed by atoms with Gasteiger partial charge in [-0.3, -0.25) is 4.79 Å². The molecule has 3 aromatic rings. The number of halogens is 2. The lowest BCUT2D eigenvalue weighted by Gasteiger charge is -2.28. The van der Waals surface area contributed by atoms with Gasteiger partial charge < -0.3 is 5.32 Å². The maximum absolute atomic E-state index is 13.8. The molecule has 1 heterocycles. The Morgan fingerprint density at radius 3 is 2.40 bits per heavy atom. The molecule has 0 atom stereocenters. The Kier molecular flexibility index (Phi) is 5.36. The van der Waals surface area contributed by atoms with E-state index in [0.29, 0.717) is 18.7 Å².